The number of carbonyl (C=O) groups is 1. The minimum atomic E-state index is -0.273. The van der Waals surface area contributed by atoms with Gasteiger partial charge in [0, 0.05) is 12.6 Å². The minimum Gasteiger partial charge on any atom is -0.314 e. The minimum absolute atomic E-state index is 0.0289. The van der Waals surface area contributed by atoms with E-state index in [-0.39, 0.29) is 11.8 Å². The van der Waals surface area contributed by atoms with Crippen molar-refractivity contribution in [1.29, 1.82) is 5.41 Å². The molecule has 0 bridgehead atoms. The third-order valence-electron chi connectivity index (χ3n) is 2.94. The third kappa shape index (κ3) is 1.35. The molecule has 1 aromatic rings. The van der Waals surface area contributed by atoms with Crippen LogP contribution in [0, 0.1) is 11.3 Å². The van der Waals surface area contributed by atoms with Gasteiger partial charge in [-0.1, -0.05) is 25.1 Å². The number of benzene rings is 1. The molecular weight excluding hydrogens is 188 g/mol. The van der Waals surface area contributed by atoms with E-state index in [2.05, 4.69) is 0 Å². The largest absolute Gasteiger partial charge is 0.314 e. The molecule has 15 heavy (non-hydrogen) atoms. The van der Waals surface area contributed by atoms with Crippen molar-refractivity contribution in [3.63, 3.8) is 0 Å². The fourth-order valence-corrected chi connectivity index (χ4v) is 2.04. The van der Waals surface area contributed by atoms with Gasteiger partial charge in [0.2, 0.25) is 5.91 Å². The molecule has 0 saturated heterocycles. The first-order chi connectivity index (χ1) is 7.16. The van der Waals surface area contributed by atoms with Crippen LogP contribution in [-0.2, 0) is 4.79 Å². The van der Waals surface area contributed by atoms with E-state index in [1.165, 1.54) is 0 Å². The van der Waals surface area contributed by atoms with Crippen LogP contribution in [0.1, 0.15) is 18.9 Å². The van der Waals surface area contributed by atoms with Gasteiger partial charge in [0.15, 0.2) is 0 Å². The van der Waals surface area contributed by atoms with Crippen LogP contribution in [0.15, 0.2) is 24.3 Å². The molecule has 1 heterocycles. The van der Waals surface area contributed by atoms with Crippen LogP contribution in [0.2, 0.25) is 0 Å². The molecule has 1 aromatic carbocycles. The highest BCUT2D eigenvalue weighted by Crippen LogP contribution is 2.30. The molecule has 0 spiro atoms. The van der Waals surface area contributed by atoms with Crippen LogP contribution < -0.4 is 4.90 Å². The first-order valence-electron chi connectivity index (χ1n) is 5.12. The number of nitrogens with one attached hydrogen (secondary N) is 1. The highest BCUT2D eigenvalue weighted by molar-refractivity contribution is 6.22. The van der Waals surface area contributed by atoms with Gasteiger partial charge in [0.05, 0.1) is 17.3 Å². The van der Waals surface area contributed by atoms with Crippen molar-refractivity contribution in [3.05, 3.63) is 29.8 Å². The summed E-state index contributed by atoms with van der Waals surface area (Å²) in [6.45, 7) is 1.94. The number of hydrogen-bond acceptors (Lipinski definition) is 2. The molecule has 2 rings (SSSR count). The topological polar surface area (TPSA) is 44.2 Å². The molecular formula is C12H14N2O. The fourth-order valence-electron chi connectivity index (χ4n) is 2.04. The maximum atomic E-state index is 11.9. The lowest BCUT2D eigenvalue weighted by atomic mass is 9.88. The van der Waals surface area contributed by atoms with E-state index in [0.29, 0.717) is 12.1 Å². The predicted octanol–water partition coefficient (Wildman–Crippen LogP) is 2.06. The zero-order valence-corrected chi connectivity index (χ0v) is 8.95. The number of carbonyl (C=O) groups excluding carboxylic acids is 1. The summed E-state index contributed by atoms with van der Waals surface area (Å²) in [5, 5.41) is 8.00. The van der Waals surface area contributed by atoms with E-state index < -0.39 is 0 Å². The Kier molecular flexibility index (Phi) is 2.31. The number of hydrogen-bond donors (Lipinski definition) is 1. The standard InChI is InChI=1S/C12H14N2O/c1-3-8-11(13)9-6-4-5-7-10(9)14(2)12(8)15/h4-8,13H,3H2,1-2H3. The van der Waals surface area contributed by atoms with Crippen molar-refractivity contribution >= 4 is 17.3 Å². The van der Waals surface area contributed by atoms with Crippen LogP contribution in [-0.4, -0.2) is 18.7 Å². The van der Waals surface area contributed by atoms with Crippen molar-refractivity contribution in [2.24, 2.45) is 5.92 Å². The molecule has 0 saturated carbocycles. The Hall–Kier alpha value is -1.64. The molecule has 0 radical (unpaired) electrons. The lowest BCUT2D eigenvalue weighted by Gasteiger charge is -2.31. The van der Waals surface area contributed by atoms with Crippen molar-refractivity contribution < 1.29 is 4.79 Å². The van der Waals surface area contributed by atoms with Gasteiger partial charge in [-0.25, -0.2) is 0 Å². The first kappa shape index (κ1) is 9.90. The quantitative estimate of drug-likeness (QED) is 0.744. The summed E-state index contributed by atoms with van der Waals surface area (Å²) in [4.78, 5) is 13.6. The Morgan fingerprint density at radius 3 is 2.73 bits per heavy atom. The van der Waals surface area contributed by atoms with Crippen molar-refractivity contribution in [2.75, 3.05) is 11.9 Å². The second kappa shape index (κ2) is 3.50. The molecule has 0 aromatic heterocycles. The summed E-state index contributed by atoms with van der Waals surface area (Å²) in [5.41, 5.74) is 2.18. The smallest absolute Gasteiger partial charge is 0.235 e. The maximum absolute atomic E-state index is 11.9. The molecule has 1 amide bonds. The second-order valence-electron chi connectivity index (χ2n) is 3.79. The Balaban J connectivity index is 2.57. The first-order valence-corrected chi connectivity index (χ1v) is 5.12. The molecule has 0 aliphatic carbocycles. The number of rotatable bonds is 1. The Bertz CT molecular complexity index is 425. The van der Waals surface area contributed by atoms with Gasteiger partial charge < -0.3 is 10.3 Å². The monoisotopic (exact) mass is 202 g/mol. The molecule has 3 heteroatoms. The van der Waals surface area contributed by atoms with Gasteiger partial charge in [-0.2, -0.15) is 0 Å². The summed E-state index contributed by atoms with van der Waals surface area (Å²) in [6.07, 6.45) is 0.691. The van der Waals surface area contributed by atoms with E-state index >= 15 is 0 Å². The predicted molar refractivity (Wildman–Crippen MR) is 60.5 cm³/mol. The van der Waals surface area contributed by atoms with Gasteiger partial charge in [-0.15, -0.1) is 0 Å². The van der Waals surface area contributed by atoms with Crippen molar-refractivity contribution in [3.8, 4) is 0 Å². The van der Waals surface area contributed by atoms with Crippen LogP contribution in [0.5, 0.6) is 0 Å². The SMILES string of the molecule is CCC1C(=N)c2ccccc2N(C)C1=O. The van der Waals surface area contributed by atoms with Crippen molar-refractivity contribution in [1.82, 2.24) is 0 Å². The average Bonchev–Trinajstić information content (AvgIpc) is 2.27. The van der Waals surface area contributed by atoms with Crippen LogP contribution in [0.25, 0.3) is 0 Å². The van der Waals surface area contributed by atoms with E-state index in [1.807, 2.05) is 31.2 Å². The highest BCUT2D eigenvalue weighted by atomic mass is 16.2. The molecule has 0 fully saturated rings. The zero-order valence-electron chi connectivity index (χ0n) is 8.95. The number of amides is 1. The lowest BCUT2D eigenvalue weighted by molar-refractivity contribution is -0.120. The van der Waals surface area contributed by atoms with Gasteiger partial charge in [0.25, 0.3) is 0 Å². The summed E-state index contributed by atoms with van der Waals surface area (Å²) >= 11 is 0. The normalized spacial score (nSPS) is 20.4. The molecule has 1 N–H and O–H groups in total. The summed E-state index contributed by atoms with van der Waals surface area (Å²) in [6, 6.07) is 7.59. The maximum Gasteiger partial charge on any atom is 0.235 e. The Labute approximate surface area is 89.2 Å². The van der Waals surface area contributed by atoms with E-state index in [9.17, 15) is 4.79 Å². The summed E-state index contributed by atoms with van der Waals surface area (Å²) in [5.74, 6) is -0.244. The second-order valence-corrected chi connectivity index (χ2v) is 3.79. The molecule has 1 aliphatic rings. The average molecular weight is 202 g/mol. The molecule has 78 valence electrons. The van der Waals surface area contributed by atoms with Gasteiger partial charge >= 0.3 is 0 Å². The van der Waals surface area contributed by atoms with E-state index in [1.54, 1.807) is 11.9 Å². The van der Waals surface area contributed by atoms with Crippen LogP contribution in [0.4, 0.5) is 5.69 Å². The van der Waals surface area contributed by atoms with Gasteiger partial charge in [-0.3, -0.25) is 4.79 Å². The molecule has 1 atom stereocenters. The Morgan fingerprint density at radius 1 is 1.40 bits per heavy atom. The van der Waals surface area contributed by atoms with Gasteiger partial charge in [0.1, 0.15) is 0 Å². The fraction of sp³-hybridized carbons (Fsp3) is 0.333. The zero-order chi connectivity index (χ0) is 11.0. The molecule has 1 unspecified atom stereocenters. The van der Waals surface area contributed by atoms with E-state index in [0.717, 1.165) is 11.3 Å². The van der Waals surface area contributed by atoms with Crippen LogP contribution >= 0.6 is 0 Å². The van der Waals surface area contributed by atoms with Crippen molar-refractivity contribution in [2.45, 2.75) is 13.3 Å². The number of nitrogens with zero attached hydrogens (tertiary/aromatic N) is 1. The summed E-state index contributed by atoms with van der Waals surface area (Å²) < 4.78 is 0. The lowest BCUT2D eigenvalue weighted by Crippen LogP contribution is -2.42. The van der Waals surface area contributed by atoms with E-state index in [4.69, 9.17) is 5.41 Å². The summed E-state index contributed by atoms with van der Waals surface area (Å²) in [7, 11) is 1.77. The number of para-hydroxylation sites is 1. The van der Waals surface area contributed by atoms with Crippen LogP contribution in [0.3, 0.4) is 0 Å². The molecule has 1 aliphatic heterocycles. The number of fused-ring (bicyclic) bond motifs is 1. The Morgan fingerprint density at radius 2 is 2.07 bits per heavy atom. The third-order valence-corrected chi connectivity index (χ3v) is 2.94. The van der Waals surface area contributed by atoms with Gasteiger partial charge in [-0.05, 0) is 12.5 Å². The number of anilines is 1. The highest BCUT2D eigenvalue weighted by Gasteiger charge is 2.33. The molecule has 3 nitrogen and oxygen atoms in total.